The van der Waals surface area contributed by atoms with Crippen LogP contribution in [-0.4, -0.2) is 14.8 Å². The summed E-state index contributed by atoms with van der Waals surface area (Å²) in [6, 6.07) is 4.06. The van der Waals surface area contributed by atoms with Gasteiger partial charge in [0.2, 0.25) is 0 Å². The van der Waals surface area contributed by atoms with Crippen molar-refractivity contribution < 1.29 is 0 Å². The van der Waals surface area contributed by atoms with Gasteiger partial charge in [-0.1, -0.05) is 20.8 Å². The maximum Gasteiger partial charge on any atom is 0.112 e. The van der Waals surface area contributed by atoms with E-state index in [1.54, 1.807) is 0 Å². The third kappa shape index (κ3) is 2.06. The van der Waals surface area contributed by atoms with Crippen LogP contribution in [0.25, 0.3) is 11.0 Å². The average Bonchev–Trinajstić information content (AvgIpc) is 2.55. The zero-order chi connectivity index (χ0) is 12.8. The Balaban J connectivity index is 2.81. The second kappa shape index (κ2) is 3.56. The molecule has 0 radical (unpaired) electrons. The van der Waals surface area contributed by atoms with Gasteiger partial charge in [0.15, 0.2) is 0 Å². The van der Waals surface area contributed by atoms with Crippen LogP contribution < -0.4 is 0 Å². The molecule has 0 aromatic carbocycles. The lowest BCUT2D eigenvalue weighted by molar-refractivity contribution is 0.360. The molecule has 0 N–H and O–H groups in total. The highest BCUT2D eigenvalue weighted by Gasteiger charge is 2.26. The molecule has 0 aliphatic heterocycles. The second-order valence-electron chi connectivity index (χ2n) is 6.55. The summed E-state index contributed by atoms with van der Waals surface area (Å²) in [5, 5.41) is 4.79. The second-order valence-corrected chi connectivity index (χ2v) is 6.55. The fraction of sp³-hybridized carbons (Fsp3) is 0.571. The van der Waals surface area contributed by atoms with Gasteiger partial charge in [0.1, 0.15) is 5.52 Å². The van der Waals surface area contributed by atoms with E-state index in [4.69, 9.17) is 5.10 Å². The van der Waals surface area contributed by atoms with E-state index in [-0.39, 0.29) is 11.0 Å². The van der Waals surface area contributed by atoms with Crippen molar-refractivity contribution in [2.75, 3.05) is 0 Å². The topological polar surface area (TPSA) is 30.7 Å². The SMILES string of the molecule is CC(C)(C)c1nn(C(C)(C)C)c2cccnc12. The molecule has 2 aromatic heterocycles. The lowest BCUT2D eigenvalue weighted by atomic mass is 9.91. The van der Waals surface area contributed by atoms with E-state index >= 15 is 0 Å². The van der Waals surface area contributed by atoms with Crippen LogP contribution >= 0.6 is 0 Å². The van der Waals surface area contributed by atoms with E-state index in [1.807, 2.05) is 12.3 Å². The van der Waals surface area contributed by atoms with Gasteiger partial charge in [-0.05, 0) is 32.9 Å². The van der Waals surface area contributed by atoms with Crippen molar-refractivity contribution in [3.63, 3.8) is 0 Å². The third-order valence-corrected chi connectivity index (χ3v) is 2.78. The van der Waals surface area contributed by atoms with Gasteiger partial charge in [0.05, 0.1) is 16.7 Å². The first-order valence-electron chi connectivity index (χ1n) is 6.06. The van der Waals surface area contributed by atoms with Crippen molar-refractivity contribution in [1.29, 1.82) is 0 Å². The summed E-state index contributed by atoms with van der Waals surface area (Å²) in [7, 11) is 0. The van der Waals surface area contributed by atoms with E-state index in [2.05, 4.69) is 57.3 Å². The van der Waals surface area contributed by atoms with Crippen molar-refractivity contribution in [1.82, 2.24) is 14.8 Å². The first-order valence-corrected chi connectivity index (χ1v) is 6.06. The minimum atomic E-state index is -0.0230. The molecule has 0 bridgehead atoms. The van der Waals surface area contributed by atoms with Gasteiger partial charge in [-0.2, -0.15) is 5.10 Å². The quantitative estimate of drug-likeness (QED) is 0.695. The predicted molar refractivity (Wildman–Crippen MR) is 71.2 cm³/mol. The van der Waals surface area contributed by atoms with Crippen LogP contribution in [0.2, 0.25) is 0 Å². The molecule has 0 aliphatic carbocycles. The summed E-state index contributed by atoms with van der Waals surface area (Å²) in [5.41, 5.74) is 3.20. The number of pyridine rings is 1. The molecular weight excluding hydrogens is 210 g/mol. The molecule has 0 fully saturated rings. The van der Waals surface area contributed by atoms with Gasteiger partial charge >= 0.3 is 0 Å². The van der Waals surface area contributed by atoms with Crippen molar-refractivity contribution in [3.8, 4) is 0 Å². The number of fused-ring (bicyclic) bond motifs is 1. The number of aromatic nitrogens is 3. The van der Waals surface area contributed by atoms with E-state index in [9.17, 15) is 0 Å². The molecule has 0 amide bonds. The number of hydrogen-bond donors (Lipinski definition) is 0. The molecule has 0 spiro atoms. The first-order chi connectivity index (χ1) is 7.71. The van der Waals surface area contributed by atoms with Gasteiger partial charge in [0, 0.05) is 11.6 Å². The first kappa shape index (κ1) is 12.1. The van der Waals surface area contributed by atoms with Crippen molar-refractivity contribution in [2.45, 2.75) is 52.5 Å². The molecule has 2 aromatic rings. The molecule has 3 heteroatoms. The summed E-state index contributed by atoms with van der Waals surface area (Å²) < 4.78 is 2.08. The minimum absolute atomic E-state index is 0.0170. The molecular formula is C14H21N3. The predicted octanol–water partition coefficient (Wildman–Crippen LogP) is 3.48. The molecule has 0 aliphatic rings. The highest BCUT2D eigenvalue weighted by atomic mass is 15.3. The molecule has 3 nitrogen and oxygen atoms in total. The summed E-state index contributed by atoms with van der Waals surface area (Å²) in [4.78, 5) is 4.50. The van der Waals surface area contributed by atoms with Gasteiger partial charge in [-0.25, -0.2) is 0 Å². The lowest BCUT2D eigenvalue weighted by Crippen LogP contribution is -2.24. The molecule has 0 saturated heterocycles. The average molecular weight is 231 g/mol. The standard InChI is InChI=1S/C14H21N3/c1-13(2,3)12-11-10(8-7-9-15-11)17(16-12)14(4,5)6/h7-9H,1-6H3. The largest absolute Gasteiger partial charge is 0.258 e. The lowest BCUT2D eigenvalue weighted by Gasteiger charge is -2.21. The van der Waals surface area contributed by atoms with E-state index in [0.29, 0.717) is 0 Å². The Bertz CT molecular complexity index is 491. The summed E-state index contributed by atoms with van der Waals surface area (Å²) >= 11 is 0. The Morgan fingerprint density at radius 2 is 1.71 bits per heavy atom. The highest BCUT2D eigenvalue weighted by molar-refractivity contribution is 5.78. The highest BCUT2D eigenvalue weighted by Crippen LogP contribution is 2.30. The Morgan fingerprint density at radius 1 is 1.06 bits per heavy atom. The zero-order valence-corrected chi connectivity index (χ0v) is 11.6. The smallest absolute Gasteiger partial charge is 0.112 e. The van der Waals surface area contributed by atoms with Crippen molar-refractivity contribution in [3.05, 3.63) is 24.0 Å². The number of nitrogens with zero attached hydrogens (tertiary/aromatic N) is 3. The number of hydrogen-bond acceptors (Lipinski definition) is 2. The Morgan fingerprint density at radius 3 is 2.24 bits per heavy atom. The van der Waals surface area contributed by atoms with Crippen LogP contribution in [0.5, 0.6) is 0 Å². The molecule has 0 unspecified atom stereocenters. The molecule has 0 saturated carbocycles. The van der Waals surface area contributed by atoms with Crippen LogP contribution in [0.1, 0.15) is 47.2 Å². The minimum Gasteiger partial charge on any atom is -0.258 e. The van der Waals surface area contributed by atoms with Crippen LogP contribution in [0.3, 0.4) is 0 Å². The number of rotatable bonds is 0. The van der Waals surface area contributed by atoms with Gasteiger partial charge in [-0.15, -0.1) is 0 Å². The molecule has 92 valence electrons. The molecule has 2 heterocycles. The fourth-order valence-electron chi connectivity index (χ4n) is 1.97. The van der Waals surface area contributed by atoms with Crippen LogP contribution in [-0.2, 0) is 11.0 Å². The van der Waals surface area contributed by atoms with E-state index in [0.717, 1.165) is 16.7 Å². The normalized spacial score (nSPS) is 13.3. The molecule has 17 heavy (non-hydrogen) atoms. The van der Waals surface area contributed by atoms with Crippen LogP contribution in [0.4, 0.5) is 0 Å². The maximum absolute atomic E-state index is 4.79. The fourth-order valence-corrected chi connectivity index (χ4v) is 1.97. The van der Waals surface area contributed by atoms with Crippen molar-refractivity contribution >= 4 is 11.0 Å². The summed E-state index contributed by atoms with van der Waals surface area (Å²) in [6.45, 7) is 13.0. The Hall–Kier alpha value is -1.38. The van der Waals surface area contributed by atoms with Crippen LogP contribution in [0, 0.1) is 0 Å². The van der Waals surface area contributed by atoms with Gasteiger partial charge < -0.3 is 0 Å². The van der Waals surface area contributed by atoms with Gasteiger partial charge in [0.25, 0.3) is 0 Å². The zero-order valence-electron chi connectivity index (χ0n) is 11.6. The molecule has 2 rings (SSSR count). The maximum atomic E-state index is 4.79. The summed E-state index contributed by atoms with van der Waals surface area (Å²) in [6.07, 6.45) is 1.84. The summed E-state index contributed by atoms with van der Waals surface area (Å²) in [5.74, 6) is 0. The molecule has 0 atom stereocenters. The Labute approximate surface area is 103 Å². The van der Waals surface area contributed by atoms with Crippen LogP contribution in [0.15, 0.2) is 18.3 Å². The monoisotopic (exact) mass is 231 g/mol. The van der Waals surface area contributed by atoms with E-state index in [1.165, 1.54) is 0 Å². The van der Waals surface area contributed by atoms with E-state index < -0.39 is 0 Å². The third-order valence-electron chi connectivity index (χ3n) is 2.78. The van der Waals surface area contributed by atoms with Crippen molar-refractivity contribution in [2.24, 2.45) is 0 Å². The van der Waals surface area contributed by atoms with Gasteiger partial charge in [-0.3, -0.25) is 9.67 Å². The Kier molecular flexibility index (Phi) is 2.53.